The minimum Gasteiger partial charge on any atom is -0.494 e. The predicted octanol–water partition coefficient (Wildman–Crippen LogP) is 6.07. The number of carbonyl (C=O) groups excluding carboxylic acids is 1. The van der Waals surface area contributed by atoms with Crippen LogP contribution in [0.2, 0.25) is 0 Å². The van der Waals surface area contributed by atoms with Crippen molar-refractivity contribution >= 4 is 48.6 Å². The van der Waals surface area contributed by atoms with E-state index >= 15 is 0 Å². The molecule has 0 aliphatic carbocycles. The lowest BCUT2D eigenvalue weighted by molar-refractivity contribution is 0.103. The highest BCUT2D eigenvalue weighted by Gasteiger charge is 2.22. The maximum atomic E-state index is 13.1. The van der Waals surface area contributed by atoms with Crippen LogP contribution in [0.3, 0.4) is 0 Å². The van der Waals surface area contributed by atoms with Crippen LogP contribution in [0.4, 0.5) is 0 Å². The van der Waals surface area contributed by atoms with Gasteiger partial charge in [-0.3, -0.25) is 4.79 Å². The maximum Gasteiger partial charge on any atom is 0.197 e. The van der Waals surface area contributed by atoms with E-state index in [0.29, 0.717) is 29.1 Å². The van der Waals surface area contributed by atoms with Crippen molar-refractivity contribution in [2.45, 2.75) is 20.3 Å². The number of methoxy groups -OCH3 is 1. The number of fused-ring (bicyclic) bond motifs is 1. The standard InChI is InChI=1S/C19H16Br2O3/c1-4-15-17(12-6-5-10(2)7-16(12)24-15)18(22)11-8-13(20)19(23-3)14(21)9-11/h5-9H,4H2,1-3H3. The number of halogens is 2. The van der Waals surface area contributed by atoms with Crippen LogP contribution in [0.5, 0.6) is 5.75 Å². The lowest BCUT2D eigenvalue weighted by Gasteiger charge is -2.09. The van der Waals surface area contributed by atoms with Gasteiger partial charge >= 0.3 is 0 Å². The molecular formula is C19H16Br2O3. The summed E-state index contributed by atoms with van der Waals surface area (Å²) in [4.78, 5) is 13.1. The molecular weight excluding hydrogens is 436 g/mol. The van der Waals surface area contributed by atoms with Gasteiger partial charge in [0.1, 0.15) is 17.1 Å². The molecule has 3 aromatic rings. The number of benzene rings is 2. The molecule has 0 unspecified atom stereocenters. The van der Waals surface area contributed by atoms with Crippen LogP contribution in [0.25, 0.3) is 11.0 Å². The molecule has 1 aromatic heterocycles. The van der Waals surface area contributed by atoms with Crippen molar-refractivity contribution in [3.05, 3.63) is 61.7 Å². The van der Waals surface area contributed by atoms with E-state index in [9.17, 15) is 4.79 Å². The molecule has 2 aromatic carbocycles. The normalized spacial score (nSPS) is 11.0. The Kier molecular flexibility index (Phi) is 4.83. The van der Waals surface area contributed by atoms with Gasteiger partial charge in [0, 0.05) is 17.4 Å². The Labute approximate surface area is 157 Å². The molecule has 24 heavy (non-hydrogen) atoms. The first-order chi connectivity index (χ1) is 11.5. The molecule has 3 nitrogen and oxygen atoms in total. The molecule has 0 radical (unpaired) electrons. The first-order valence-electron chi connectivity index (χ1n) is 7.56. The molecule has 3 rings (SSSR count). The summed E-state index contributed by atoms with van der Waals surface area (Å²) in [7, 11) is 1.59. The molecule has 0 aliphatic heterocycles. The van der Waals surface area contributed by atoms with E-state index in [4.69, 9.17) is 9.15 Å². The molecule has 0 aliphatic rings. The molecule has 0 atom stereocenters. The van der Waals surface area contributed by atoms with Crippen molar-refractivity contribution in [3.63, 3.8) is 0 Å². The van der Waals surface area contributed by atoms with Crippen molar-refractivity contribution < 1.29 is 13.9 Å². The SMILES string of the molecule is CCc1oc2cc(C)ccc2c1C(=O)c1cc(Br)c(OC)c(Br)c1. The van der Waals surface area contributed by atoms with E-state index < -0.39 is 0 Å². The Morgan fingerprint density at radius 3 is 2.42 bits per heavy atom. The largest absolute Gasteiger partial charge is 0.494 e. The number of hydrogen-bond donors (Lipinski definition) is 0. The Bertz CT molecular complexity index is 918. The van der Waals surface area contributed by atoms with Gasteiger partial charge in [0.25, 0.3) is 0 Å². The van der Waals surface area contributed by atoms with Gasteiger partial charge in [0.05, 0.1) is 21.6 Å². The van der Waals surface area contributed by atoms with Crippen molar-refractivity contribution in [3.8, 4) is 5.75 Å². The van der Waals surface area contributed by atoms with E-state index in [1.807, 2.05) is 32.0 Å². The topological polar surface area (TPSA) is 39.4 Å². The molecule has 5 heteroatoms. The minimum atomic E-state index is -0.0569. The zero-order valence-corrected chi connectivity index (χ0v) is 16.7. The third kappa shape index (κ3) is 2.91. The summed E-state index contributed by atoms with van der Waals surface area (Å²) in [6.07, 6.45) is 0.660. The second-order valence-corrected chi connectivity index (χ2v) is 7.26. The summed E-state index contributed by atoms with van der Waals surface area (Å²) in [5.41, 5.74) is 3.07. The lowest BCUT2D eigenvalue weighted by atomic mass is 9.99. The smallest absolute Gasteiger partial charge is 0.197 e. The zero-order chi connectivity index (χ0) is 17.4. The van der Waals surface area contributed by atoms with E-state index in [1.54, 1.807) is 19.2 Å². The van der Waals surface area contributed by atoms with Crippen LogP contribution >= 0.6 is 31.9 Å². The van der Waals surface area contributed by atoms with E-state index in [0.717, 1.165) is 25.5 Å². The highest BCUT2D eigenvalue weighted by Crippen LogP contribution is 2.36. The quantitative estimate of drug-likeness (QED) is 0.452. The number of ketones is 1. The first kappa shape index (κ1) is 17.2. The number of aryl methyl sites for hydroxylation is 2. The summed E-state index contributed by atoms with van der Waals surface area (Å²) in [5, 5.41) is 0.852. The Morgan fingerprint density at radius 2 is 1.83 bits per heavy atom. The molecule has 0 saturated carbocycles. The van der Waals surface area contributed by atoms with Crippen molar-refractivity contribution in [1.29, 1.82) is 0 Å². The molecule has 124 valence electrons. The van der Waals surface area contributed by atoms with Gasteiger partial charge in [-0.15, -0.1) is 0 Å². The molecule has 0 fully saturated rings. The number of hydrogen-bond acceptors (Lipinski definition) is 3. The van der Waals surface area contributed by atoms with Crippen LogP contribution in [0, 0.1) is 6.92 Å². The van der Waals surface area contributed by atoms with Gasteiger partial charge in [0.2, 0.25) is 0 Å². The summed E-state index contributed by atoms with van der Waals surface area (Å²) in [6.45, 7) is 3.99. The molecule has 0 N–H and O–H groups in total. The maximum absolute atomic E-state index is 13.1. The van der Waals surface area contributed by atoms with Gasteiger partial charge < -0.3 is 9.15 Å². The predicted molar refractivity (Wildman–Crippen MR) is 102 cm³/mol. The van der Waals surface area contributed by atoms with E-state index in [1.165, 1.54) is 0 Å². The molecule has 1 heterocycles. The van der Waals surface area contributed by atoms with Gasteiger partial charge in [-0.05, 0) is 62.5 Å². The summed E-state index contributed by atoms with van der Waals surface area (Å²) in [6, 6.07) is 9.46. The fourth-order valence-electron chi connectivity index (χ4n) is 2.78. The average Bonchev–Trinajstić information content (AvgIpc) is 2.91. The average molecular weight is 452 g/mol. The van der Waals surface area contributed by atoms with Gasteiger partial charge in [-0.1, -0.05) is 19.1 Å². The Balaban J connectivity index is 2.19. The van der Waals surface area contributed by atoms with Crippen molar-refractivity contribution in [1.82, 2.24) is 0 Å². The molecule has 0 spiro atoms. The Morgan fingerprint density at radius 1 is 1.17 bits per heavy atom. The monoisotopic (exact) mass is 450 g/mol. The third-order valence-corrected chi connectivity index (χ3v) is 5.11. The fourth-order valence-corrected chi connectivity index (χ4v) is 4.29. The second-order valence-electron chi connectivity index (χ2n) is 5.56. The van der Waals surface area contributed by atoms with Crippen molar-refractivity contribution in [2.75, 3.05) is 7.11 Å². The van der Waals surface area contributed by atoms with E-state index in [2.05, 4.69) is 31.9 Å². The number of furan rings is 1. The summed E-state index contributed by atoms with van der Waals surface area (Å²) >= 11 is 6.91. The third-order valence-electron chi connectivity index (χ3n) is 3.93. The molecule has 0 amide bonds. The first-order valence-corrected chi connectivity index (χ1v) is 9.14. The number of carbonyl (C=O) groups is 1. The van der Waals surface area contributed by atoms with Crippen LogP contribution < -0.4 is 4.74 Å². The van der Waals surface area contributed by atoms with Crippen LogP contribution in [0.1, 0.15) is 34.2 Å². The molecule has 0 bridgehead atoms. The van der Waals surface area contributed by atoms with Gasteiger partial charge in [-0.25, -0.2) is 0 Å². The summed E-state index contributed by atoms with van der Waals surface area (Å²) < 4.78 is 12.7. The highest BCUT2D eigenvalue weighted by atomic mass is 79.9. The molecule has 0 saturated heterocycles. The van der Waals surface area contributed by atoms with Crippen LogP contribution in [-0.4, -0.2) is 12.9 Å². The lowest BCUT2D eigenvalue weighted by Crippen LogP contribution is -2.04. The number of rotatable bonds is 4. The zero-order valence-electron chi connectivity index (χ0n) is 13.6. The van der Waals surface area contributed by atoms with Gasteiger partial charge in [0.15, 0.2) is 5.78 Å². The van der Waals surface area contributed by atoms with Crippen molar-refractivity contribution in [2.24, 2.45) is 0 Å². The van der Waals surface area contributed by atoms with Crippen LogP contribution in [0.15, 0.2) is 43.7 Å². The minimum absolute atomic E-state index is 0.0569. The number of ether oxygens (including phenoxy) is 1. The Hall–Kier alpha value is -1.59. The van der Waals surface area contributed by atoms with E-state index in [-0.39, 0.29) is 5.78 Å². The summed E-state index contributed by atoms with van der Waals surface area (Å²) in [5.74, 6) is 1.32. The highest BCUT2D eigenvalue weighted by molar-refractivity contribution is 9.11. The van der Waals surface area contributed by atoms with Gasteiger partial charge in [-0.2, -0.15) is 0 Å². The van der Waals surface area contributed by atoms with Crippen LogP contribution in [-0.2, 0) is 6.42 Å². The fraction of sp³-hybridized carbons (Fsp3) is 0.211. The second kappa shape index (κ2) is 6.73.